The van der Waals surface area contributed by atoms with Crippen molar-refractivity contribution in [2.45, 2.75) is 12.5 Å². The van der Waals surface area contributed by atoms with Gasteiger partial charge < -0.3 is 14.8 Å². The maximum Gasteiger partial charge on any atom is 0.225 e. The summed E-state index contributed by atoms with van der Waals surface area (Å²) < 4.78 is 10.7. The fourth-order valence-corrected chi connectivity index (χ4v) is 2.50. The van der Waals surface area contributed by atoms with E-state index in [4.69, 9.17) is 9.47 Å². The molecule has 1 N–H and O–H groups in total. The zero-order valence-electron chi connectivity index (χ0n) is 11.8. The molecule has 2 aromatic rings. The van der Waals surface area contributed by atoms with Gasteiger partial charge in [-0.25, -0.2) is 0 Å². The molecular weight excluding hydrogens is 266 g/mol. The Hall–Kier alpha value is -2.49. The van der Waals surface area contributed by atoms with Gasteiger partial charge in [0.25, 0.3) is 0 Å². The van der Waals surface area contributed by atoms with Crippen LogP contribution in [0.4, 0.5) is 0 Å². The van der Waals surface area contributed by atoms with E-state index in [1.165, 1.54) is 0 Å². The second-order valence-corrected chi connectivity index (χ2v) is 5.00. The van der Waals surface area contributed by atoms with E-state index in [1.807, 2.05) is 48.5 Å². The lowest BCUT2D eigenvalue weighted by Gasteiger charge is -2.12. The molecule has 108 valence electrons. The number of carbonyl (C=O) groups is 1. The SMILES string of the molecule is COc1cccc(CC(=O)NC2COc3ccccc32)c1. The van der Waals surface area contributed by atoms with E-state index in [1.54, 1.807) is 7.11 Å². The van der Waals surface area contributed by atoms with Gasteiger partial charge in [-0.3, -0.25) is 4.79 Å². The summed E-state index contributed by atoms with van der Waals surface area (Å²) in [5.74, 6) is 1.59. The van der Waals surface area contributed by atoms with Crippen LogP contribution in [0.2, 0.25) is 0 Å². The lowest BCUT2D eigenvalue weighted by atomic mass is 10.1. The van der Waals surface area contributed by atoms with Crippen molar-refractivity contribution in [1.29, 1.82) is 0 Å². The molecule has 1 heterocycles. The first-order chi connectivity index (χ1) is 10.3. The minimum Gasteiger partial charge on any atom is -0.497 e. The predicted octanol–water partition coefficient (Wildman–Crippen LogP) is 2.49. The van der Waals surface area contributed by atoms with Crippen molar-refractivity contribution >= 4 is 5.91 Å². The average molecular weight is 283 g/mol. The minimum absolute atomic E-state index is 0.0199. The first-order valence-electron chi connectivity index (χ1n) is 6.90. The third-order valence-electron chi connectivity index (χ3n) is 3.53. The second kappa shape index (κ2) is 5.87. The van der Waals surface area contributed by atoms with Crippen LogP contribution >= 0.6 is 0 Å². The number of hydrogen-bond acceptors (Lipinski definition) is 3. The van der Waals surface area contributed by atoms with Crippen LogP contribution in [0.1, 0.15) is 17.2 Å². The quantitative estimate of drug-likeness (QED) is 0.937. The van der Waals surface area contributed by atoms with Crippen molar-refractivity contribution in [2.75, 3.05) is 13.7 Å². The van der Waals surface area contributed by atoms with E-state index in [9.17, 15) is 4.79 Å². The van der Waals surface area contributed by atoms with Crippen LogP contribution in [-0.4, -0.2) is 19.6 Å². The molecule has 4 nitrogen and oxygen atoms in total. The van der Waals surface area contributed by atoms with Crippen LogP contribution in [0.3, 0.4) is 0 Å². The summed E-state index contributed by atoms with van der Waals surface area (Å²) in [5.41, 5.74) is 1.97. The Kier molecular flexibility index (Phi) is 3.77. The number of carbonyl (C=O) groups excluding carboxylic acids is 1. The van der Waals surface area contributed by atoms with Crippen LogP contribution in [0.25, 0.3) is 0 Å². The fraction of sp³-hybridized carbons (Fsp3) is 0.235. The summed E-state index contributed by atoms with van der Waals surface area (Å²) in [6.45, 7) is 0.489. The molecule has 1 unspecified atom stereocenters. The predicted molar refractivity (Wildman–Crippen MR) is 79.5 cm³/mol. The molecule has 0 spiro atoms. The van der Waals surface area contributed by atoms with Gasteiger partial charge in [-0.15, -0.1) is 0 Å². The number of rotatable bonds is 4. The van der Waals surface area contributed by atoms with Crippen molar-refractivity contribution in [3.05, 3.63) is 59.7 Å². The maximum absolute atomic E-state index is 12.2. The molecule has 1 aliphatic rings. The summed E-state index contributed by atoms with van der Waals surface area (Å²) in [6, 6.07) is 15.3. The van der Waals surface area contributed by atoms with Gasteiger partial charge in [-0.1, -0.05) is 30.3 Å². The largest absolute Gasteiger partial charge is 0.497 e. The van der Waals surface area contributed by atoms with E-state index >= 15 is 0 Å². The van der Waals surface area contributed by atoms with Crippen LogP contribution in [0, 0.1) is 0 Å². The first kappa shape index (κ1) is 13.5. The molecule has 1 aliphatic heterocycles. The molecule has 0 radical (unpaired) electrons. The molecule has 1 atom stereocenters. The lowest BCUT2D eigenvalue weighted by molar-refractivity contribution is -0.121. The Morgan fingerprint density at radius 1 is 1.29 bits per heavy atom. The van der Waals surface area contributed by atoms with E-state index in [0.29, 0.717) is 13.0 Å². The highest BCUT2D eigenvalue weighted by Crippen LogP contribution is 2.31. The van der Waals surface area contributed by atoms with Gasteiger partial charge in [-0.2, -0.15) is 0 Å². The molecule has 0 bridgehead atoms. The van der Waals surface area contributed by atoms with E-state index < -0.39 is 0 Å². The molecule has 21 heavy (non-hydrogen) atoms. The van der Waals surface area contributed by atoms with Crippen molar-refractivity contribution in [3.8, 4) is 11.5 Å². The van der Waals surface area contributed by atoms with Crippen molar-refractivity contribution < 1.29 is 14.3 Å². The highest BCUT2D eigenvalue weighted by atomic mass is 16.5. The number of methoxy groups -OCH3 is 1. The molecule has 0 aromatic heterocycles. The van der Waals surface area contributed by atoms with E-state index in [-0.39, 0.29) is 11.9 Å². The van der Waals surface area contributed by atoms with Crippen molar-refractivity contribution in [3.63, 3.8) is 0 Å². The summed E-state index contributed by atoms with van der Waals surface area (Å²) in [6.07, 6.45) is 0.329. The monoisotopic (exact) mass is 283 g/mol. The molecule has 2 aromatic carbocycles. The molecule has 0 fully saturated rings. The molecule has 1 amide bonds. The number of benzene rings is 2. The Morgan fingerprint density at radius 2 is 2.14 bits per heavy atom. The van der Waals surface area contributed by atoms with Crippen molar-refractivity contribution in [2.24, 2.45) is 0 Å². The normalized spacial score (nSPS) is 16.0. The number of amides is 1. The Morgan fingerprint density at radius 3 is 3.00 bits per heavy atom. The van der Waals surface area contributed by atoms with Gasteiger partial charge in [0, 0.05) is 5.56 Å². The Balaban J connectivity index is 1.65. The number of ether oxygens (including phenoxy) is 2. The molecule has 4 heteroatoms. The third-order valence-corrected chi connectivity index (χ3v) is 3.53. The summed E-state index contributed by atoms with van der Waals surface area (Å²) in [5, 5.41) is 3.02. The highest BCUT2D eigenvalue weighted by molar-refractivity contribution is 5.79. The van der Waals surface area contributed by atoms with Crippen LogP contribution in [0.15, 0.2) is 48.5 Å². The van der Waals surface area contributed by atoms with Crippen LogP contribution in [0.5, 0.6) is 11.5 Å². The van der Waals surface area contributed by atoms with Gasteiger partial charge >= 0.3 is 0 Å². The van der Waals surface area contributed by atoms with E-state index in [2.05, 4.69) is 5.32 Å². The van der Waals surface area contributed by atoms with Gasteiger partial charge in [0.1, 0.15) is 18.1 Å². The number of fused-ring (bicyclic) bond motifs is 1. The molecule has 3 rings (SSSR count). The zero-order chi connectivity index (χ0) is 14.7. The van der Waals surface area contributed by atoms with Gasteiger partial charge in [0.2, 0.25) is 5.91 Å². The number of nitrogens with one attached hydrogen (secondary N) is 1. The van der Waals surface area contributed by atoms with E-state index in [0.717, 1.165) is 22.6 Å². The average Bonchev–Trinajstić information content (AvgIpc) is 2.91. The highest BCUT2D eigenvalue weighted by Gasteiger charge is 2.24. The Labute approximate surface area is 123 Å². The first-order valence-corrected chi connectivity index (χ1v) is 6.90. The number of para-hydroxylation sites is 1. The van der Waals surface area contributed by atoms with Gasteiger partial charge in [0.05, 0.1) is 19.6 Å². The lowest BCUT2D eigenvalue weighted by Crippen LogP contribution is -2.30. The van der Waals surface area contributed by atoms with Crippen LogP contribution < -0.4 is 14.8 Å². The fourth-order valence-electron chi connectivity index (χ4n) is 2.50. The van der Waals surface area contributed by atoms with Gasteiger partial charge in [-0.05, 0) is 23.8 Å². The molecule has 0 aliphatic carbocycles. The molecule has 0 saturated heterocycles. The maximum atomic E-state index is 12.2. The topological polar surface area (TPSA) is 47.6 Å². The molecular formula is C17H17NO3. The number of hydrogen-bond donors (Lipinski definition) is 1. The summed E-state index contributed by atoms with van der Waals surface area (Å²) >= 11 is 0. The third kappa shape index (κ3) is 2.99. The standard InChI is InChI=1S/C17H17NO3/c1-20-13-6-4-5-12(9-13)10-17(19)18-15-11-21-16-8-3-2-7-14(15)16/h2-9,15H,10-11H2,1H3,(H,18,19). The minimum atomic E-state index is -0.0701. The van der Waals surface area contributed by atoms with Crippen LogP contribution in [-0.2, 0) is 11.2 Å². The zero-order valence-corrected chi connectivity index (χ0v) is 11.8. The second-order valence-electron chi connectivity index (χ2n) is 5.00. The Bertz CT molecular complexity index is 654. The molecule has 0 saturated carbocycles. The van der Waals surface area contributed by atoms with Crippen molar-refractivity contribution in [1.82, 2.24) is 5.32 Å². The summed E-state index contributed by atoms with van der Waals surface area (Å²) in [4.78, 5) is 12.2. The van der Waals surface area contributed by atoms with Gasteiger partial charge in [0.15, 0.2) is 0 Å². The summed E-state index contributed by atoms with van der Waals surface area (Å²) in [7, 11) is 1.62. The smallest absolute Gasteiger partial charge is 0.225 e.